The van der Waals surface area contributed by atoms with Crippen molar-refractivity contribution in [3.05, 3.63) is 18.2 Å². The number of benzene rings is 1. The average molecular weight is 338 g/mol. The highest BCUT2D eigenvalue weighted by Crippen LogP contribution is 2.33. The summed E-state index contributed by atoms with van der Waals surface area (Å²) < 4.78 is 33.5. The molecule has 1 aromatic carbocycles. The summed E-state index contributed by atoms with van der Waals surface area (Å²) in [6.45, 7) is 0.308. The fourth-order valence-corrected chi connectivity index (χ4v) is 4.43. The summed E-state index contributed by atoms with van der Waals surface area (Å²) >= 11 is 0. The number of nitrogens with one attached hydrogen (secondary N) is 1. The summed E-state index contributed by atoms with van der Waals surface area (Å²) in [5.74, 6) is 0.452. The quantitative estimate of drug-likeness (QED) is 0.915. The number of rotatable bonds is 3. The van der Waals surface area contributed by atoms with Crippen molar-refractivity contribution in [3.8, 4) is 5.75 Å². The number of carbonyl (C=O) groups excluding carboxylic acids is 1. The molecule has 1 amide bonds. The fraction of sp³-hybridized carbons (Fsp3) is 0.562. The molecule has 0 aromatic heterocycles. The molecule has 1 fully saturated rings. The number of fused-ring (bicyclic) bond motifs is 1. The van der Waals surface area contributed by atoms with Crippen LogP contribution in [0.25, 0.3) is 0 Å². The Labute approximate surface area is 136 Å². The van der Waals surface area contributed by atoms with Crippen molar-refractivity contribution in [2.45, 2.75) is 49.5 Å². The van der Waals surface area contributed by atoms with Crippen molar-refractivity contribution in [1.82, 2.24) is 4.72 Å². The molecule has 6 nitrogen and oxygen atoms in total. The molecule has 1 saturated carbocycles. The topological polar surface area (TPSA) is 75.7 Å². The molecule has 1 aliphatic carbocycles. The molecule has 126 valence electrons. The Morgan fingerprint density at radius 2 is 1.96 bits per heavy atom. The number of hydrogen-bond acceptors (Lipinski definition) is 4. The Morgan fingerprint density at radius 1 is 1.22 bits per heavy atom. The molecule has 0 atom stereocenters. The zero-order valence-corrected chi connectivity index (χ0v) is 14.1. The second-order valence-electron chi connectivity index (χ2n) is 6.14. The van der Waals surface area contributed by atoms with Crippen LogP contribution in [0.15, 0.2) is 23.1 Å². The van der Waals surface area contributed by atoms with E-state index < -0.39 is 10.0 Å². The van der Waals surface area contributed by atoms with Crippen molar-refractivity contribution in [1.29, 1.82) is 0 Å². The van der Waals surface area contributed by atoms with E-state index in [1.807, 2.05) is 0 Å². The fourth-order valence-electron chi connectivity index (χ4n) is 3.11. The molecule has 3 rings (SSSR count). The highest BCUT2D eigenvalue weighted by Gasteiger charge is 2.25. The summed E-state index contributed by atoms with van der Waals surface area (Å²) in [5.41, 5.74) is 0.499. The average Bonchev–Trinajstić information content (AvgIpc) is 2.67. The summed E-state index contributed by atoms with van der Waals surface area (Å²) in [5, 5.41) is 0. The van der Waals surface area contributed by atoms with Gasteiger partial charge < -0.3 is 9.64 Å². The first-order chi connectivity index (χ1) is 11.0. The maximum atomic E-state index is 12.6. The summed E-state index contributed by atoms with van der Waals surface area (Å²) in [6, 6.07) is 4.68. The minimum absolute atomic E-state index is 0.00294. The van der Waals surface area contributed by atoms with Crippen molar-refractivity contribution in [2.24, 2.45) is 0 Å². The van der Waals surface area contributed by atoms with Gasteiger partial charge in [-0.25, -0.2) is 13.1 Å². The van der Waals surface area contributed by atoms with Gasteiger partial charge in [-0.1, -0.05) is 19.3 Å². The number of nitrogens with zero attached hydrogens (tertiary/aromatic N) is 1. The van der Waals surface area contributed by atoms with Gasteiger partial charge in [0.1, 0.15) is 5.75 Å². The van der Waals surface area contributed by atoms with Crippen LogP contribution in [0.3, 0.4) is 0 Å². The van der Waals surface area contributed by atoms with Gasteiger partial charge in [0.2, 0.25) is 15.9 Å². The van der Waals surface area contributed by atoms with Gasteiger partial charge in [0.25, 0.3) is 0 Å². The van der Waals surface area contributed by atoms with Gasteiger partial charge in [-0.15, -0.1) is 0 Å². The summed E-state index contributed by atoms with van der Waals surface area (Å²) in [7, 11) is -1.95. The smallest absolute Gasteiger partial charge is 0.240 e. The number of ether oxygens (including phenoxy) is 1. The van der Waals surface area contributed by atoms with Crippen molar-refractivity contribution >= 4 is 21.6 Å². The van der Waals surface area contributed by atoms with Gasteiger partial charge >= 0.3 is 0 Å². The number of carbonyl (C=O) groups is 1. The lowest BCUT2D eigenvalue weighted by Crippen LogP contribution is -2.36. The first kappa shape index (κ1) is 16.3. The second-order valence-corrected chi connectivity index (χ2v) is 7.85. The van der Waals surface area contributed by atoms with Gasteiger partial charge in [-0.2, -0.15) is 0 Å². The van der Waals surface area contributed by atoms with Crippen LogP contribution in [-0.4, -0.2) is 34.0 Å². The van der Waals surface area contributed by atoms with E-state index in [9.17, 15) is 13.2 Å². The molecular formula is C16H22N2O4S. The van der Waals surface area contributed by atoms with Crippen LogP contribution in [0.2, 0.25) is 0 Å². The van der Waals surface area contributed by atoms with E-state index in [1.54, 1.807) is 13.1 Å². The predicted octanol–water partition coefficient (Wildman–Crippen LogP) is 2.04. The van der Waals surface area contributed by atoms with E-state index >= 15 is 0 Å². The van der Waals surface area contributed by atoms with Gasteiger partial charge in [0.15, 0.2) is 0 Å². The Balaban J connectivity index is 1.88. The molecule has 0 spiro atoms. The number of sulfonamides is 1. The Morgan fingerprint density at radius 3 is 2.70 bits per heavy atom. The molecule has 7 heteroatoms. The summed E-state index contributed by atoms with van der Waals surface area (Å²) in [4.78, 5) is 13.6. The standard InChI is InChI=1S/C16H22N2O4S/c1-18-14-11-13(7-8-15(14)22-10-9-16(18)19)23(20,21)17-12-5-3-2-4-6-12/h7-8,11-12,17H,2-6,9-10H2,1H3. The minimum Gasteiger partial charge on any atom is -0.491 e. The Kier molecular flexibility index (Phi) is 4.59. The number of amides is 1. The third-order valence-corrected chi connectivity index (χ3v) is 5.99. The maximum absolute atomic E-state index is 12.6. The lowest BCUT2D eigenvalue weighted by atomic mass is 9.96. The Hall–Kier alpha value is -1.60. The van der Waals surface area contributed by atoms with Crippen LogP contribution >= 0.6 is 0 Å². The lowest BCUT2D eigenvalue weighted by Gasteiger charge is -2.23. The normalized spacial score (nSPS) is 19.9. The van der Waals surface area contributed by atoms with E-state index in [2.05, 4.69) is 4.72 Å². The highest BCUT2D eigenvalue weighted by atomic mass is 32.2. The van der Waals surface area contributed by atoms with E-state index in [1.165, 1.54) is 23.5 Å². The zero-order valence-electron chi connectivity index (χ0n) is 13.2. The van der Waals surface area contributed by atoms with Crippen LogP contribution in [0.1, 0.15) is 38.5 Å². The monoisotopic (exact) mass is 338 g/mol. The minimum atomic E-state index is -3.59. The van der Waals surface area contributed by atoms with Gasteiger partial charge in [-0.3, -0.25) is 4.79 Å². The first-order valence-electron chi connectivity index (χ1n) is 8.03. The van der Waals surface area contributed by atoms with Crippen LogP contribution in [0, 0.1) is 0 Å². The van der Waals surface area contributed by atoms with Gasteiger partial charge in [-0.05, 0) is 31.0 Å². The third kappa shape index (κ3) is 3.50. The molecule has 0 bridgehead atoms. The van der Waals surface area contributed by atoms with Gasteiger partial charge in [0.05, 0.1) is 23.6 Å². The van der Waals surface area contributed by atoms with Crippen molar-refractivity contribution in [2.75, 3.05) is 18.6 Å². The summed E-state index contributed by atoms with van der Waals surface area (Å²) in [6.07, 6.45) is 5.33. The van der Waals surface area contributed by atoms with E-state index in [0.29, 0.717) is 18.0 Å². The molecule has 2 aliphatic rings. The molecule has 0 saturated heterocycles. The molecule has 23 heavy (non-hydrogen) atoms. The molecule has 0 unspecified atom stereocenters. The lowest BCUT2D eigenvalue weighted by molar-refractivity contribution is -0.118. The van der Waals surface area contributed by atoms with Crippen LogP contribution < -0.4 is 14.4 Å². The number of hydrogen-bond donors (Lipinski definition) is 1. The highest BCUT2D eigenvalue weighted by molar-refractivity contribution is 7.89. The molecule has 0 radical (unpaired) electrons. The van der Waals surface area contributed by atoms with Gasteiger partial charge in [0, 0.05) is 13.1 Å². The predicted molar refractivity (Wildman–Crippen MR) is 87.2 cm³/mol. The largest absolute Gasteiger partial charge is 0.491 e. The van der Waals surface area contributed by atoms with Crippen LogP contribution in [0.5, 0.6) is 5.75 Å². The van der Waals surface area contributed by atoms with E-state index in [0.717, 1.165) is 25.7 Å². The molecule has 1 aliphatic heterocycles. The van der Waals surface area contributed by atoms with Crippen LogP contribution in [-0.2, 0) is 14.8 Å². The van der Waals surface area contributed by atoms with Crippen molar-refractivity contribution in [3.63, 3.8) is 0 Å². The molecule has 1 heterocycles. The van der Waals surface area contributed by atoms with Crippen LogP contribution in [0.4, 0.5) is 5.69 Å². The molecule has 1 N–H and O–H groups in total. The van der Waals surface area contributed by atoms with E-state index in [-0.39, 0.29) is 23.3 Å². The third-order valence-electron chi connectivity index (χ3n) is 4.48. The zero-order chi connectivity index (χ0) is 16.4. The molecule has 1 aromatic rings. The molecular weight excluding hydrogens is 316 g/mol. The SMILES string of the molecule is CN1C(=O)CCOc2ccc(S(=O)(=O)NC3CCCCC3)cc21. The maximum Gasteiger partial charge on any atom is 0.240 e. The van der Waals surface area contributed by atoms with E-state index in [4.69, 9.17) is 4.74 Å². The first-order valence-corrected chi connectivity index (χ1v) is 9.51. The number of anilines is 1. The Bertz CT molecular complexity index is 696. The van der Waals surface area contributed by atoms with Crippen molar-refractivity contribution < 1.29 is 17.9 Å². The second kappa shape index (κ2) is 6.49.